The SMILES string of the molecule is C=CCOc1ccc(C(O)=C2C(=O)C(=O)N(CCN(C)C)C2c2ccc(OCc3ccccc3)c(OC)c2)cc1C. The van der Waals surface area contributed by atoms with E-state index in [4.69, 9.17) is 14.2 Å². The molecule has 0 spiro atoms. The molecule has 8 heteroatoms. The van der Waals surface area contributed by atoms with Gasteiger partial charge in [0, 0.05) is 18.7 Å². The van der Waals surface area contributed by atoms with Gasteiger partial charge < -0.3 is 29.1 Å². The van der Waals surface area contributed by atoms with Crippen molar-refractivity contribution in [3.63, 3.8) is 0 Å². The Kier molecular flexibility index (Phi) is 9.47. The molecule has 1 fully saturated rings. The Hall–Kier alpha value is -4.56. The van der Waals surface area contributed by atoms with Gasteiger partial charge in [-0.15, -0.1) is 0 Å². The van der Waals surface area contributed by atoms with E-state index < -0.39 is 17.7 Å². The summed E-state index contributed by atoms with van der Waals surface area (Å²) in [6.07, 6.45) is 1.65. The van der Waals surface area contributed by atoms with E-state index in [9.17, 15) is 14.7 Å². The molecule has 0 bridgehead atoms. The summed E-state index contributed by atoms with van der Waals surface area (Å²) in [6, 6.07) is 19.4. The van der Waals surface area contributed by atoms with Crippen molar-refractivity contribution in [1.29, 1.82) is 0 Å². The van der Waals surface area contributed by atoms with Gasteiger partial charge in [-0.1, -0.05) is 49.1 Å². The predicted octanol–water partition coefficient (Wildman–Crippen LogP) is 5.13. The smallest absolute Gasteiger partial charge is 0.295 e. The molecule has 3 aromatic carbocycles. The number of hydrogen-bond donors (Lipinski definition) is 1. The number of aryl methyl sites for hydroxylation is 1. The van der Waals surface area contributed by atoms with E-state index in [0.29, 0.717) is 54.7 Å². The summed E-state index contributed by atoms with van der Waals surface area (Å²) in [7, 11) is 5.33. The van der Waals surface area contributed by atoms with E-state index in [1.54, 1.807) is 42.5 Å². The fraction of sp³-hybridized carbons (Fsp3) is 0.273. The molecule has 0 aliphatic carbocycles. The summed E-state index contributed by atoms with van der Waals surface area (Å²) in [5.74, 6) is -0.0290. The molecule has 1 N–H and O–H groups in total. The van der Waals surface area contributed by atoms with Gasteiger partial charge in [-0.3, -0.25) is 9.59 Å². The predicted molar refractivity (Wildman–Crippen MR) is 158 cm³/mol. The second-order valence-corrected chi connectivity index (χ2v) is 10.1. The molecule has 1 aliphatic heterocycles. The Morgan fingerprint density at radius 2 is 1.73 bits per heavy atom. The van der Waals surface area contributed by atoms with Gasteiger partial charge in [-0.25, -0.2) is 0 Å². The number of likely N-dealkylation sites (tertiary alicyclic amines) is 1. The Balaban J connectivity index is 1.75. The first kappa shape index (κ1) is 29.4. The summed E-state index contributed by atoms with van der Waals surface area (Å²) in [6.45, 7) is 7.04. The van der Waals surface area contributed by atoms with E-state index in [2.05, 4.69) is 6.58 Å². The molecule has 214 valence electrons. The molecule has 3 aromatic rings. The van der Waals surface area contributed by atoms with Gasteiger partial charge in [-0.2, -0.15) is 0 Å². The van der Waals surface area contributed by atoms with Crippen LogP contribution < -0.4 is 14.2 Å². The van der Waals surface area contributed by atoms with E-state index in [1.165, 1.54) is 12.0 Å². The number of carbonyl (C=O) groups excluding carboxylic acids is 2. The molecular weight excluding hydrogens is 520 g/mol. The number of rotatable bonds is 12. The average Bonchev–Trinajstić information content (AvgIpc) is 3.23. The van der Waals surface area contributed by atoms with Gasteiger partial charge in [0.2, 0.25) is 0 Å². The number of amides is 1. The number of likely N-dealkylation sites (N-methyl/N-ethyl adjacent to an activating group) is 1. The largest absolute Gasteiger partial charge is 0.507 e. The van der Waals surface area contributed by atoms with Crippen molar-refractivity contribution in [2.75, 3.05) is 40.9 Å². The van der Waals surface area contributed by atoms with Crippen molar-refractivity contribution in [2.24, 2.45) is 0 Å². The second kappa shape index (κ2) is 13.2. The fourth-order valence-corrected chi connectivity index (χ4v) is 4.74. The average molecular weight is 557 g/mol. The van der Waals surface area contributed by atoms with Gasteiger partial charge in [0.05, 0.1) is 18.7 Å². The third-order valence-electron chi connectivity index (χ3n) is 6.87. The Morgan fingerprint density at radius 1 is 1.00 bits per heavy atom. The highest BCUT2D eigenvalue weighted by molar-refractivity contribution is 6.46. The summed E-state index contributed by atoms with van der Waals surface area (Å²) >= 11 is 0. The maximum absolute atomic E-state index is 13.4. The van der Waals surface area contributed by atoms with Crippen molar-refractivity contribution >= 4 is 17.4 Å². The number of benzene rings is 3. The number of aliphatic hydroxyl groups excluding tert-OH is 1. The second-order valence-electron chi connectivity index (χ2n) is 10.1. The number of hydrogen-bond acceptors (Lipinski definition) is 7. The monoisotopic (exact) mass is 556 g/mol. The summed E-state index contributed by atoms with van der Waals surface area (Å²) in [5, 5.41) is 11.5. The molecule has 4 rings (SSSR count). The van der Waals surface area contributed by atoms with Crippen molar-refractivity contribution in [3.05, 3.63) is 107 Å². The topological polar surface area (TPSA) is 88.5 Å². The minimum Gasteiger partial charge on any atom is -0.507 e. The standard InChI is InChI=1S/C33H36N2O6/c1-6-18-40-26-14-13-25(19-22(26)2)31(36)29-30(35(17-16-34(3)4)33(38)32(29)37)24-12-15-27(28(20-24)39-5)41-21-23-10-8-7-9-11-23/h6-15,19-20,30,36H,1,16-18,21H2,2-5H3. The van der Waals surface area contributed by atoms with E-state index in [-0.39, 0.29) is 11.3 Å². The van der Waals surface area contributed by atoms with E-state index in [1.807, 2.05) is 56.3 Å². The lowest BCUT2D eigenvalue weighted by Gasteiger charge is -2.27. The van der Waals surface area contributed by atoms with E-state index in [0.717, 1.165) is 11.1 Å². The summed E-state index contributed by atoms with van der Waals surface area (Å²) in [5.41, 5.74) is 2.84. The number of aliphatic hydroxyl groups is 1. The molecule has 41 heavy (non-hydrogen) atoms. The number of methoxy groups -OCH3 is 1. The summed E-state index contributed by atoms with van der Waals surface area (Å²) < 4.78 is 17.3. The van der Waals surface area contributed by atoms with Crippen molar-refractivity contribution in [2.45, 2.75) is 19.6 Å². The van der Waals surface area contributed by atoms with Gasteiger partial charge >= 0.3 is 0 Å². The molecule has 8 nitrogen and oxygen atoms in total. The van der Waals surface area contributed by atoms with Gasteiger partial charge in [0.15, 0.2) is 11.5 Å². The van der Waals surface area contributed by atoms with Crippen LogP contribution in [0, 0.1) is 6.92 Å². The van der Waals surface area contributed by atoms with Gasteiger partial charge in [0.1, 0.15) is 24.7 Å². The Morgan fingerprint density at radius 3 is 2.39 bits per heavy atom. The molecule has 0 saturated carbocycles. The van der Waals surface area contributed by atoms with Gasteiger partial charge in [0.25, 0.3) is 11.7 Å². The zero-order valence-electron chi connectivity index (χ0n) is 23.9. The molecule has 0 aromatic heterocycles. The van der Waals surface area contributed by atoms with Crippen molar-refractivity contribution < 1.29 is 28.9 Å². The highest BCUT2D eigenvalue weighted by Gasteiger charge is 2.46. The minimum atomic E-state index is -0.816. The highest BCUT2D eigenvalue weighted by atomic mass is 16.5. The lowest BCUT2D eigenvalue weighted by molar-refractivity contribution is -0.140. The molecule has 1 amide bonds. The Labute approximate surface area is 241 Å². The molecular formula is C33H36N2O6. The summed E-state index contributed by atoms with van der Waals surface area (Å²) in [4.78, 5) is 30.1. The third-order valence-corrected chi connectivity index (χ3v) is 6.87. The lowest BCUT2D eigenvalue weighted by Crippen LogP contribution is -2.35. The number of carbonyl (C=O) groups is 2. The van der Waals surface area contributed by atoms with Crippen LogP contribution in [-0.4, -0.2) is 67.5 Å². The number of Topliss-reactive ketones (excluding diaryl/α,β-unsaturated/α-hetero) is 1. The van der Waals surface area contributed by atoms with Crippen molar-refractivity contribution in [3.8, 4) is 17.2 Å². The van der Waals surface area contributed by atoms with Gasteiger partial charge in [-0.05, 0) is 68.0 Å². The first-order valence-electron chi connectivity index (χ1n) is 13.4. The number of nitrogens with zero attached hydrogens (tertiary/aromatic N) is 2. The zero-order chi connectivity index (χ0) is 29.5. The van der Waals surface area contributed by atoms with Crippen LogP contribution in [0.3, 0.4) is 0 Å². The molecule has 1 aliphatic rings. The quantitative estimate of drug-likeness (QED) is 0.143. The molecule has 1 atom stereocenters. The van der Waals surface area contributed by atoms with Crippen LogP contribution in [0.1, 0.15) is 28.3 Å². The fourth-order valence-electron chi connectivity index (χ4n) is 4.74. The minimum absolute atomic E-state index is 0.0212. The third kappa shape index (κ3) is 6.61. The van der Waals surface area contributed by atoms with Crippen LogP contribution in [0.4, 0.5) is 0 Å². The molecule has 1 saturated heterocycles. The number of ether oxygens (including phenoxy) is 3. The maximum Gasteiger partial charge on any atom is 0.295 e. The van der Waals surface area contributed by atoms with Crippen LogP contribution in [-0.2, 0) is 16.2 Å². The molecule has 1 heterocycles. The molecule has 1 unspecified atom stereocenters. The zero-order valence-corrected chi connectivity index (χ0v) is 23.9. The number of ketones is 1. The lowest BCUT2D eigenvalue weighted by atomic mass is 9.94. The first-order chi connectivity index (χ1) is 19.7. The maximum atomic E-state index is 13.4. The van der Waals surface area contributed by atoms with Crippen LogP contribution in [0.5, 0.6) is 17.2 Å². The van der Waals surface area contributed by atoms with Crippen LogP contribution in [0.25, 0.3) is 5.76 Å². The highest BCUT2D eigenvalue weighted by Crippen LogP contribution is 2.42. The normalized spacial score (nSPS) is 16.2. The Bertz CT molecular complexity index is 1450. The van der Waals surface area contributed by atoms with Crippen LogP contribution in [0.15, 0.2) is 85.0 Å². The van der Waals surface area contributed by atoms with Crippen molar-refractivity contribution in [1.82, 2.24) is 9.80 Å². The van der Waals surface area contributed by atoms with Crippen LogP contribution >= 0.6 is 0 Å². The first-order valence-corrected chi connectivity index (χ1v) is 13.4. The van der Waals surface area contributed by atoms with E-state index >= 15 is 0 Å². The molecule has 0 radical (unpaired) electrons. The van der Waals surface area contributed by atoms with Crippen LogP contribution in [0.2, 0.25) is 0 Å².